The van der Waals surface area contributed by atoms with Crippen molar-refractivity contribution < 1.29 is 8.42 Å². The summed E-state index contributed by atoms with van der Waals surface area (Å²) >= 11 is 1.78. The van der Waals surface area contributed by atoms with Crippen molar-refractivity contribution in [1.29, 1.82) is 0 Å². The lowest BCUT2D eigenvalue weighted by Crippen LogP contribution is -2.22. The molecule has 1 saturated heterocycles. The largest absolute Gasteiger partial charge is 0.361 e. The average molecular weight is 469 g/mol. The Hall–Kier alpha value is -2.42. The number of aryl methyl sites for hydroxylation is 1. The number of benzene rings is 1. The zero-order valence-electron chi connectivity index (χ0n) is 18.3. The van der Waals surface area contributed by atoms with Gasteiger partial charge in [-0.25, -0.2) is 8.42 Å². The number of para-hydroxylation sites is 1. The molecule has 0 saturated carbocycles. The molecule has 1 aliphatic rings. The summed E-state index contributed by atoms with van der Waals surface area (Å²) < 4.78 is 25.8. The first kappa shape index (κ1) is 21.4. The van der Waals surface area contributed by atoms with Gasteiger partial charge in [0.25, 0.3) is 0 Å². The Labute approximate surface area is 192 Å². The van der Waals surface area contributed by atoms with E-state index in [1.54, 1.807) is 11.3 Å². The van der Waals surface area contributed by atoms with Crippen LogP contribution in [0.2, 0.25) is 0 Å². The molecule has 3 aromatic heterocycles. The molecule has 0 spiro atoms. The minimum atomic E-state index is -2.94. The van der Waals surface area contributed by atoms with Gasteiger partial charge in [-0.05, 0) is 43.3 Å². The van der Waals surface area contributed by atoms with E-state index in [9.17, 15) is 8.42 Å². The van der Waals surface area contributed by atoms with Gasteiger partial charge in [0, 0.05) is 52.2 Å². The molecule has 0 radical (unpaired) electrons. The van der Waals surface area contributed by atoms with Gasteiger partial charge < -0.3 is 10.3 Å². The van der Waals surface area contributed by atoms with Crippen molar-refractivity contribution >= 4 is 32.1 Å². The lowest BCUT2D eigenvalue weighted by atomic mass is 9.96. The maximum atomic E-state index is 11.9. The fourth-order valence-corrected chi connectivity index (χ4v) is 7.39. The van der Waals surface area contributed by atoms with Crippen molar-refractivity contribution in [2.75, 3.05) is 18.1 Å². The van der Waals surface area contributed by atoms with Crippen molar-refractivity contribution in [3.05, 3.63) is 75.4 Å². The Morgan fingerprint density at radius 1 is 1.25 bits per heavy atom. The standard InChI is InChI=1S/C24H28N4O2S2/c1-16-20(17(2)28(27-16)18-9-11-32(29,30)15-18)12-25-13-22(24-8-5-10-31-24)21-14-26-23-7-4-3-6-19(21)23/h3-8,10,14,18,22,25-26H,9,11-13,15H2,1-2H3. The summed E-state index contributed by atoms with van der Waals surface area (Å²) in [6.07, 6.45) is 2.78. The predicted molar refractivity (Wildman–Crippen MR) is 130 cm³/mol. The first-order valence-electron chi connectivity index (χ1n) is 11.0. The van der Waals surface area contributed by atoms with Crippen LogP contribution in [-0.2, 0) is 16.4 Å². The molecule has 6 nitrogen and oxygen atoms in total. The van der Waals surface area contributed by atoms with Gasteiger partial charge in [-0.15, -0.1) is 11.3 Å². The van der Waals surface area contributed by atoms with Gasteiger partial charge in [0.2, 0.25) is 0 Å². The summed E-state index contributed by atoms with van der Waals surface area (Å²) in [5.74, 6) is 0.710. The SMILES string of the molecule is Cc1nn(C2CCS(=O)(=O)C2)c(C)c1CNCC(c1cccs1)c1c[nH]c2ccccc12. The highest BCUT2D eigenvalue weighted by Gasteiger charge is 2.31. The Kier molecular flexibility index (Phi) is 5.69. The molecule has 2 unspecified atom stereocenters. The molecule has 32 heavy (non-hydrogen) atoms. The van der Waals surface area contributed by atoms with E-state index in [2.05, 4.69) is 65.2 Å². The minimum Gasteiger partial charge on any atom is -0.361 e. The zero-order valence-corrected chi connectivity index (χ0v) is 20.0. The molecule has 0 amide bonds. The minimum absolute atomic E-state index is 0.0439. The summed E-state index contributed by atoms with van der Waals surface area (Å²) in [4.78, 5) is 4.75. The molecule has 168 valence electrons. The molecule has 1 aromatic carbocycles. The summed E-state index contributed by atoms with van der Waals surface area (Å²) in [6, 6.07) is 12.7. The number of sulfone groups is 1. The molecule has 8 heteroatoms. The summed E-state index contributed by atoms with van der Waals surface area (Å²) in [5.41, 5.74) is 5.66. The summed E-state index contributed by atoms with van der Waals surface area (Å²) in [7, 11) is -2.94. The van der Waals surface area contributed by atoms with E-state index in [0.29, 0.717) is 13.0 Å². The van der Waals surface area contributed by atoms with Crippen molar-refractivity contribution in [2.24, 2.45) is 0 Å². The number of hydrogen-bond acceptors (Lipinski definition) is 5. The number of aromatic nitrogens is 3. The molecular weight excluding hydrogens is 440 g/mol. The number of H-pyrrole nitrogens is 1. The van der Waals surface area contributed by atoms with Gasteiger partial charge in [0.1, 0.15) is 0 Å². The third kappa shape index (κ3) is 4.02. The normalized spacial score (nSPS) is 19.0. The third-order valence-electron chi connectivity index (χ3n) is 6.56. The molecule has 0 bridgehead atoms. The second kappa shape index (κ2) is 8.50. The maximum absolute atomic E-state index is 11.9. The van der Waals surface area contributed by atoms with E-state index in [1.807, 2.05) is 11.6 Å². The summed E-state index contributed by atoms with van der Waals surface area (Å²) in [5, 5.41) is 11.8. The molecule has 0 aliphatic carbocycles. The number of rotatable bonds is 7. The topological polar surface area (TPSA) is 79.8 Å². The average Bonchev–Trinajstić information content (AvgIpc) is 3.55. The van der Waals surface area contributed by atoms with E-state index in [4.69, 9.17) is 5.10 Å². The van der Waals surface area contributed by atoms with Crippen molar-refractivity contribution in [1.82, 2.24) is 20.1 Å². The predicted octanol–water partition coefficient (Wildman–Crippen LogP) is 4.32. The smallest absolute Gasteiger partial charge is 0.152 e. The van der Waals surface area contributed by atoms with E-state index in [-0.39, 0.29) is 23.5 Å². The van der Waals surface area contributed by atoms with Crippen LogP contribution in [0.4, 0.5) is 0 Å². The molecular formula is C24H28N4O2S2. The zero-order chi connectivity index (χ0) is 22.3. The summed E-state index contributed by atoms with van der Waals surface area (Å²) in [6.45, 7) is 5.59. The fraction of sp³-hybridized carbons (Fsp3) is 0.375. The number of thiophene rings is 1. The highest BCUT2D eigenvalue weighted by atomic mass is 32.2. The van der Waals surface area contributed by atoms with Gasteiger partial charge in [0.05, 0.1) is 23.2 Å². The Bertz CT molecular complexity index is 1340. The lowest BCUT2D eigenvalue weighted by molar-refractivity contribution is 0.485. The molecule has 1 fully saturated rings. The van der Waals surface area contributed by atoms with Gasteiger partial charge in [-0.1, -0.05) is 24.3 Å². The highest BCUT2D eigenvalue weighted by molar-refractivity contribution is 7.91. The molecule has 4 aromatic rings. The quantitative estimate of drug-likeness (QED) is 0.423. The molecule has 2 atom stereocenters. The number of hydrogen-bond donors (Lipinski definition) is 2. The first-order valence-corrected chi connectivity index (χ1v) is 13.7. The van der Waals surface area contributed by atoms with Crippen LogP contribution >= 0.6 is 11.3 Å². The number of nitrogens with zero attached hydrogens (tertiary/aromatic N) is 2. The molecule has 5 rings (SSSR count). The molecule has 2 N–H and O–H groups in total. The Balaban J connectivity index is 1.35. The second-order valence-electron chi connectivity index (χ2n) is 8.64. The van der Waals surface area contributed by atoms with Crippen molar-refractivity contribution in [2.45, 2.75) is 38.8 Å². The Morgan fingerprint density at radius 2 is 2.09 bits per heavy atom. The van der Waals surface area contributed by atoms with Crippen LogP contribution in [0, 0.1) is 13.8 Å². The molecule has 1 aliphatic heterocycles. The van der Waals surface area contributed by atoms with Crippen LogP contribution in [0.15, 0.2) is 48.0 Å². The van der Waals surface area contributed by atoms with E-state index in [0.717, 1.165) is 29.0 Å². The van der Waals surface area contributed by atoms with Crippen LogP contribution in [0.1, 0.15) is 45.8 Å². The third-order valence-corrected chi connectivity index (χ3v) is 9.30. The van der Waals surface area contributed by atoms with E-state index >= 15 is 0 Å². The van der Waals surface area contributed by atoms with Crippen molar-refractivity contribution in [3.8, 4) is 0 Å². The van der Waals surface area contributed by atoms with Gasteiger partial charge >= 0.3 is 0 Å². The van der Waals surface area contributed by atoms with Crippen LogP contribution < -0.4 is 5.32 Å². The molecule has 4 heterocycles. The number of nitrogens with one attached hydrogen (secondary N) is 2. The van der Waals surface area contributed by atoms with Crippen molar-refractivity contribution in [3.63, 3.8) is 0 Å². The van der Waals surface area contributed by atoms with Crippen LogP contribution in [0.5, 0.6) is 0 Å². The fourth-order valence-electron chi connectivity index (χ4n) is 4.85. The van der Waals surface area contributed by atoms with E-state index in [1.165, 1.54) is 15.8 Å². The van der Waals surface area contributed by atoms with Crippen LogP contribution in [0.3, 0.4) is 0 Å². The van der Waals surface area contributed by atoms with Gasteiger partial charge in [-0.3, -0.25) is 4.68 Å². The van der Waals surface area contributed by atoms with Crippen LogP contribution in [-0.4, -0.2) is 41.2 Å². The van der Waals surface area contributed by atoms with Crippen LogP contribution in [0.25, 0.3) is 10.9 Å². The Morgan fingerprint density at radius 3 is 2.84 bits per heavy atom. The van der Waals surface area contributed by atoms with Gasteiger partial charge in [-0.2, -0.15) is 5.10 Å². The lowest BCUT2D eigenvalue weighted by Gasteiger charge is -2.17. The number of aromatic amines is 1. The monoisotopic (exact) mass is 468 g/mol. The number of fused-ring (bicyclic) bond motifs is 1. The van der Waals surface area contributed by atoms with E-state index < -0.39 is 9.84 Å². The highest BCUT2D eigenvalue weighted by Crippen LogP contribution is 2.33. The maximum Gasteiger partial charge on any atom is 0.152 e. The first-order chi connectivity index (χ1) is 15.4. The van der Waals surface area contributed by atoms with Gasteiger partial charge in [0.15, 0.2) is 9.84 Å². The second-order valence-corrected chi connectivity index (χ2v) is 11.8.